The maximum atomic E-state index is 11.9. The quantitative estimate of drug-likeness (QED) is 0.754. The number of rotatable bonds is 3. The summed E-state index contributed by atoms with van der Waals surface area (Å²) in [6, 6.07) is 4.04. The molecule has 90 valence electrons. The number of hydrogen-bond donors (Lipinski definition) is 0. The molecule has 1 nitrogen and oxygen atoms in total. The highest BCUT2D eigenvalue weighted by Gasteiger charge is 2.31. The van der Waals surface area contributed by atoms with Gasteiger partial charge in [0.05, 0.1) is 0 Å². The second-order valence-corrected chi connectivity index (χ2v) is 3.95. The van der Waals surface area contributed by atoms with Gasteiger partial charge in [0, 0.05) is 5.02 Å². The van der Waals surface area contributed by atoms with Crippen molar-refractivity contribution < 1.29 is 17.9 Å². The van der Waals surface area contributed by atoms with E-state index in [1.807, 2.05) is 13.8 Å². The van der Waals surface area contributed by atoms with Crippen molar-refractivity contribution in [2.75, 3.05) is 0 Å². The van der Waals surface area contributed by atoms with Crippen LogP contribution in [0.3, 0.4) is 0 Å². The third-order valence-corrected chi connectivity index (χ3v) is 2.68. The number of ether oxygens (including phenoxy) is 1. The molecule has 0 saturated carbocycles. The molecule has 0 spiro atoms. The van der Waals surface area contributed by atoms with E-state index in [1.54, 1.807) is 6.07 Å². The summed E-state index contributed by atoms with van der Waals surface area (Å²) in [5.41, 5.74) is 0.832. The van der Waals surface area contributed by atoms with Crippen LogP contribution in [0.4, 0.5) is 13.2 Å². The molecule has 0 N–H and O–H groups in total. The van der Waals surface area contributed by atoms with Crippen LogP contribution in [0.1, 0.15) is 31.7 Å². The van der Waals surface area contributed by atoms with E-state index in [4.69, 9.17) is 11.6 Å². The average Bonchev–Trinajstić information content (AvgIpc) is 2.14. The molecule has 0 aliphatic carbocycles. The molecule has 0 amide bonds. The van der Waals surface area contributed by atoms with Crippen molar-refractivity contribution in [1.29, 1.82) is 0 Å². The fourth-order valence-electron chi connectivity index (χ4n) is 1.32. The van der Waals surface area contributed by atoms with Crippen molar-refractivity contribution in [1.82, 2.24) is 0 Å². The molecule has 0 bridgehead atoms. The molecule has 0 fully saturated rings. The normalized spacial score (nSPS) is 13.6. The van der Waals surface area contributed by atoms with Gasteiger partial charge < -0.3 is 4.74 Å². The predicted octanol–water partition coefficient (Wildman–Crippen LogP) is 4.75. The van der Waals surface area contributed by atoms with Gasteiger partial charge in [-0.05, 0) is 30.0 Å². The monoisotopic (exact) mass is 252 g/mol. The smallest absolute Gasteiger partial charge is 0.406 e. The zero-order valence-electron chi connectivity index (χ0n) is 8.94. The van der Waals surface area contributed by atoms with Gasteiger partial charge >= 0.3 is 6.36 Å². The number of benzene rings is 1. The molecule has 0 aromatic heterocycles. The van der Waals surface area contributed by atoms with Gasteiger partial charge in [-0.2, -0.15) is 0 Å². The van der Waals surface area contributed by atoms with Gasteiger partial charge in [-0.15, -0.1) is 13.2 Å². The van der Waals surface area contributed by atoms with E-state index in [0.717, 1.165) is 12.0 Å². The minimum absolute atomic E-state index is 0.215. The van der Waals surface area contributed by atoms with Crippen molar-refractivity contribution in [3.8, 4) is 5.75 Å². The van der Waals surface area contributed by atoms with Crippen LogP contribution >= 0.6 is 11.6 Å². The van der Waals surface area contributed by atoms with Crippen LogP contribution in [0.2, 0.25) is 5.02 Å². The Morgan fingerprint density at radius 3 is 2.44 bits per heavy atom. The minimum Gasteiger partial charge on any atom is -0.406 e. The lowest BCUT2D eigenvalue weighted by molar-refractivity contribution is -0.274. The van der Waals surface area contributed by atoms with Gasteiger partial charge in [0.15, 0.2) is 0 Å². The predicted molar refractivity (Wildman–Crippen MR) is 56.8 cm³/mol. The third-order valence-electron chi connectivity index (χ3n) is 2.35. The third kappa shape index (κ3) is 3.59. The maximum Gasteiger partial charge on any atom is 0.573 e. The summed E-state index contributed by atoms with van der Waals surface area (Å²) in [4.78, 5) is 0. The van der Waals surface area contributed by atoms with Crippen LogP contribution in [0.5, 0.6) is 5.75 Å². The first-order valence-corrected chi connectivity index (χ1v) is 5.26. The van der Waals surface area contributed by atoms with E-state index in [1.165, 1.54) is 12.1 Å². The van der Waals surface area contributed by atoms with E-state index in [-0.39, 0.29) is 11.7 Å². The van der Waals surface area contributed by atoms with E-state index < -0.39 is 6.36 Å². The number of halogens is 4. The van der Waals surface area contributed by atoms with Crippen molar-refractivity contribution in [2.24, 2.45) is 0 Å². The SMILES string of the molecule is CCC(C)c1ccc(OC(F)(F)F)cc1Cl. The first-order valence-electron chi connectivity index (χ1n) is 4.88. The fraction of sp³-hybridized carbons (Fsp3) is 0.455. The van der Waals surface area contributed by atoms with E-state index in [2.05, 4.69) is 4.74 Å². The summed E-state index contributed by atoms with van der Waals surface area (Å²) < 4.78 is 39.6. The van der Waals surface area contributed by atoms with Crippen LogP contribution < -0.4 is 4.74 Å². The topological polar surface area (TPSA) is 9.23 Å². The average molecular weight is 253 g/mol. The summed E-state index contributed by atoms with van der Waals surface area (Å²) in [7, 11) is 0. The highest BCUT2D eigenvalue weighted by molar-refractivity contribution is 6.31. The van der Waals surface area contributed by atoms with Crippen molar-refractivity contribution >= 4 is 11.6 Å². The lowest BCUT2D eigenvalue weighted by atomic mass is 9.99. The molecule has 1 unspecified atom stereocenters. The Labute approximate surface area is 97.2 Å². The Morgan fingerprint density at radius 2 is 2.00 bits per heavy atom. The standard InChI is InChI=1S/C11H12ClF3O/c1-3-7(2)9-5-4-8(6-10(9)12)16-11(13,14)15/h4-7H,3H2,1-2H3. The number of alkyl halides is 3. The highest BCUT2D eigenvalue weighted by Crippen LogP contribution is 2.32. The summed E-state index contributed by atoms with van der Waals surface area (Å²) in [6.45, 7) is 3.95. The molecule has 0 saturated heterocycles. The summed E-state index contributed by atoms with van der Waals surface area (Å²) >= 11 is 5.88. The summed E-state index contributed by atoms with van der Waals surface area (Å²) in [5.74, 6) is -0.0722. The molecule has 0 aliphatic rings. The van der Waals surface area contributed by atoms with Gasteiger partial charge in [-0.1, -0.05) is 31.5 Å². The van der Waals surface area contributed by atoms with Crippen LogP contribution in [0, 0.1) is 0 Å². The zero-order valence-corrected chi connectivity index (χ0v) is 9.69. The fourth-order valence-corrected chi connectivity index (χ4v) is 1.68. The van der Waals surface area contributed by atoms with E-state index in [9.17, 15) is 13.2 Å². The molecular formula is C11H12ClF3O. The van der Waals surface area contributed by atoms with Gasteiger partial charge in [-0.25, -0.2) is 0 Å². The first-order chi connectivity index (χ1) is 7.33. The van der Waals surface area contributed by atoms with Gasteiger partial charge in [0.1, 0.15) is 5.75 Å². The largest absolute Gasteiger partial charge is 0.573 e. The van der Waals surface area contributed by atoms with Gasteiger partial charge in [0.25, 0.3) is 0 Å². The second-order valence-electron chi connectivity index (χ2n) is 3.54. The Balaban J connectivity index is 2.91. The van der Waals surface area contributed by atoms with Crippen molar-refractivity contribution in [3.63, 3.8) is 0 Å². The highest BCUT2D eigenvalue weighted by atomic mass is 35.5. The summed E-state index contributed by atoms with van der Waals surface area (Å²) in [6.07, 6.45) is -3.81. The molecule has 1 atom stereocenters. The van der Waals surface area contributed by atoms with Gasteiger partial charge in [-0.3, -0.25) is 0 Å². The maximum absolute atomic E-state index is 11.9. The van der Waals surface area contributed by atoms with Crippen LogP contribution in [-0.2, 0) is 0 Å². The molecule has 16 heavy (non-hydrogen) atoms. The van der Waals surface area contributed by atoms with Crippen molar-refractivity contribution in [3.05, 3.63) is 28.8 Å². The summed E-state index contributed by atoms with van der Waals surface area (Å²) in [5, 5.41) is 0.302. The first kappa shape index (κ1) is 13.2. The molecule has 0 radical (unpaired) electrons. The minimum atomic E-state index is -4.68. The molecular weight excluding hydrogens is 241 g/mol. The Hall–Kier alpha value is -0.900. The number of hydrogen-bond acceptors (Lipinski definition) is 1. The Morgan fingerprint density at radius 1 is 1.38 bits per heavy atom. The van der Waals surface area contributed by atoms with Crippen LogP contribution in [0.25, 0.3) is 0 Å². The van der Waals surface area contributed by atoms with Crippen LogP contribution in [-0.4, -0.2) is 6.36 Å². The lowest BCUT2D eigenvalue weighted by Crippen LogP contribution is -2.17. The molecule has 1 rings (SSSR count). The van der Waals surface area contributed by atoms with Gasteiger partial charge in [0.2, 0.25) is 0 Å². The Bertz CT molecular complexity index is 363. The Kier molecular flexibility index (Phi) is 4.08. The van der Waals surface area contributed by atoms with E-state index in [0.29, 0.717) is 5.02 Å². The van der Waals surface area contributed by atoms with Crippen LogP contribution in [0.15, 0.2) is 18.2 Å². The zero-order chi connectivity index (χ0) is 12.3. The second kappa shape index (κ2) is 4.95. The molecule has 1 aromatic rings. The molecule has 0 heterocycles. The van der Waals surface area contributed by atoms with Crippen molar-refractivity contribution in [2.45, 2.75) is 32.5 Å². The lowest BCUT2D eigenvalue weighted by Gasteiger charge is -2.13. The molecule has 1 aromatic carbocycles. The molecule has 0 aliphatic heterocycles. The molecule has 5 heteroatoms. The van der Waals surface area contributed by atoms with E-state index >= 15 is 0 Å².